The first-order valence-electron chi connectivity index (χ1n) is 37.2. The van der Waals surface area contributed by atoms with E-state index in [1.54, 1.807) is 0 Å². The summed E-state index contributed by atoms with van der Waals surface area (Å²) in [7, 11) is 0. The van der Waals surface area contributed by atoms with Gasteiger partial charge in [-0.15, -0.1) is 0 Å². The van der Waals surface area contributed by atoms with Gasteiger partial charge in [0.05, 0.1) is 62.9 Å². The number of unbranched alkanes of at least 4 members (excludes halogenated alkanes) is 30. The summed E-state index contributed by atoms with van der Waals surface area (Å²) < 4.78 is 40.9. The van der Waals surface area contributed by atoms with Crippen LogP contribution < -0.4 is 28.4 Å². The monoisotopic (exact) mass is 1250 g/mol. The molecule has 0 atom stereocenters. The van der Waals surface area contributed by atoms with Gasteiger partial charge in [0.2, 0.25) is 11.5 Å². The summed E-state index contributed by atoms with van der Waals surface area (Å²) >= 11 is 0. The molecule has 0 unspecified atom stereocenters. The Morgan fingerprint density at radius 3 is 0.761 bits per heavy atom. The van der Waals surface area contributed by atoms with E-state index in [2.05, 4.69) is 126 Å². The number of hydrogen-bond donors (Lipinski definition) is 0. The fraction of sp³-hybridized carbons (Fsp3) is 0.571. The molecule has 7 aromatic carbocycles. The number of benzene rings is 7. The van der Waals surface area contributed by atoms with Crippen molar-refractivity contribution in [1.82, 2.24) is 0 Å². The third kappa shape index (κ3) is 22.5. The smallest absolute Gasteiger partial charge is 0.203 e. The highest BCUT2D eigenvalue weighted by Crippen LogP contribution is 2.47. The van der Waals surface area contributed by atoms with Crippen LogP contribution in [0.3, 0.4) is 0 Å². The molecule has 0 aliphatic carbocycles. The molecule has 0 aromatic heterocycles. The molecule has 0 aliphatic rings. The van der Waals surface area contributed by atoms with E-state index in [0.29, 0.717) is 85.3 Å². The van der Waals surface area contributed by atoms with E-state index in [0.717, 1.165) is 142 Å². The first-order chi connectivity index (χ1) is 45.4. The first-order valence-corrected chi connectivity index (χ1v) is 37.2. The van der Waals surface area contributed by atoms with Gasteiger partial charge in [-0.3, -0.25) is 0 Å². The van der Waals surface area contributed by atoms with Crippen molar-refractivity contribution in [3.05, 3.63) is 96.1 Å². The standard InChI is InChI=1S/C84H116N2O6/c1-7-13-19-25-31-37-49-87-77-59-69(60-78(88-50-38-32-26-20-14-8-2)83(77)91-53-41-35-29-23-17-11-5)65-45-47-73-71(63-85)55-67-43-44-68-56-72(64-86)74-48-46-66(58-76(74)82(68)81(67)75(73)57-65)70-61-79(89-51-39-33-27-21-15-9-3)84(92-54-42-36-30-24-18-12-6)80(62-70)90-52-40-34-28-22-16-10-4/h43-48,55-62H,7-42,49-54H2,1-6H3. The Balaban J connectivity index is 1.37. The van der Waals surface area contributed by atoms with Gasteiger partial charge < -0.3 is 28.4 Å². The number of fused-ring (bicyclic) bond motifs is 7. The van der Waals surface area contributed by atoms with Crippen molar-refractivity contribution in [3.8, 4) is 68.9 Å². The van der Waals surface area contributed by atoms with Gasteiger partial charge in [-0.2, -0.15) is 10.5 Å². The van der Waals surface area contributed by atoms with Crippen LogP contribution in [0.4, 0.5) is 0 Å². The maximum Gasteiger partial charge on any atom is 0.203 e. The Hall–Kier alpha value is -6.64. The van der Waals surface area contributed by atoms with Crippen LogP contribution in [-0.2, 0) is 0 Å². The fourth-order valence-electron chi connectivity index (χ4n) is 13.0. The largest absolute Gasteiger partial charge is 0.490 e. The lowest BCUT2D eigenvalue weighted by molar-refractivity contribution is 0.234. The minimum Gasteiger partial charge on any atom is -0.490 e. The second kappa shape index (κ2) is 42.6. The summed E-state index contributed by atoms with van der Waals surface area (Å²) in [5, 5.41) is 29.5. The zero-order valence-electron chi connectivity index (χ0n) is 58.1. The minimum atomic E-state index is 0.595. The maximum atomic E-state index is 10.9. The number of nitrogens with zero attached hydrogens (tertiary/aromatic N) is 2. The normalized spacial score (nSPS) is 11.4. The predicted octanol–water partition coefficient (Wildman–Crippen LogP) is 25.8. The molecular formula is C84H116N2O6. The van der Waals surface area contributed by atoms with E-state index >= 15 is 0 Å². The molecule has 0 saturated heterocycles. The predicted molar refractivity (Wildman–Crippen MR) is 390 cm³/mol. The zero-order valence-corrected chi connectivity index (χ0v) is 58.1. The molecule has 0 heterocycles. The molecule has 0 bridgehead atoms. The van der Waals surface area contributed by atoms with Crippen LogP contribution in [-0.4, -0.2) is 39.6 Å². The van der Waals surface area contributed by atoms with Crippen LogP contribution >= 0.6 is 0 Å². The third-order valence-electron chi connectivity index (χ3n) is 18.5. The molecule has 92 heavy (non-hydrogen) atoms. The Kier molecular flexibility index (Phi) is 33.7. The van der Waals surface area contributed by atoms with Crippen molar-refractivity contribution in [2.75, 3.05) is 39.6 Å². The van der Waals surface area contributed by atoms with Crippen molar-refractivity contribution >= 4 is 43.1 Å². The molecule has 0 spiro atoms. The average molecular weight is 1250 g/mol. The van der Waals surface area contributed by atoms with Crippen molar-refractivity contribution in [1.29, 1.82) is 10.5 Å². The van der Waals surface area contributed by atoms with E-state index in [1.165, 1.54) is 154 Å². The summed E-state index contributed by atoms with van der Waals surface area (Å²) in [6, 6.07) is 35.1. The van der Waals surface area contributed by atoms with Gasteiger partial charge in [0.15, 0.2) is 23.0 Å². The van der Waals surface area contributed by atoms with Gasteiger partial charge in [0.1, 0.15) is 0 Å². The fourth-order valence-corrected chi connectivity index (χ4v) is 13.0. The van der Waals surface area contributed by atoms with E-state index in [-0.39, 0.29) is 0 Å². The molecule has 0 N–H and O–H groups in total. The second-order valence-electron chi connectivity index (χ2n) is 26.2. The van der Waals surface area contributed by atoms with Crippen LogP contribution in [0.1, 0.15) is 284 Å². The average Bonchev–Trinajstić information content (AvgIpc) is 0.746. The van der Waals surface area contributed by atoms with Crippen molar-refractivity contribution in [2.45, 2.75) is 273 Å². The molecule has 8 heteroatoms. The highest BCUT2D eigenvalue weighted by atomic mass is 16.5. The molecule has 7 aromatic rings. The summed E-state index contributed by atoms with van der Waals surface area (Å²) in [6.07, 6.45) is 42.3. The summed E-state index contributed by atoms with van der Waals surface area (Å²) in [5.41, 5.74) is 5.13. The zero-order chi connectivity index (χ0) is 64.8. The van der Waals surface area contributed by atoms with Gasteiger partial charge in [-0.05, 0) is 142 Å². The summed E-state index contributed by atoms with van der Waals surface area (Å²) in [5.74, 6) is 4.26. The Bertz CT molecular complexity index is 3070. The van der Waals surface area contributed by atoms with Crippen molar-refractivity contribution in [3.63, 3.8) is 0 Å². The summed E-state index contributed by atoms with van der Waals surface area (Å²) in [6.45, 7) is 17.2. The number of nitriles is 2. The van der Waals surface area contributed by atoms with E-state index in [1.807, 2.05) is 12.1 Å². The summed E-state index contributed by atoms with van der Waals surface area (Å²) in [4.78, 5) is 0. The lowest BCUT2D eigenvalue weighted by Gasteiger charge is -2.20. The quantitative estimate of drug-likeness (QED) is 0.0274. The topological polar surface area (TPSA) is 103 Å². The minimum absolute atomic E-state index is 0.595. The molecule has 0 fully saturated rings. The second-order valence-corrected chi connectivity index (χ2v) is 26.2. The first kappa shape index (κ1) is 72.8. The van der Waals surface area contributed by atoms with Gasteiger partial charge in [-0.1, -0.05) is 271 Å². The van der Waals surface area contributed by atoms with Gasteiger partial charge in [-0.25, -0.2) is 0 Å². The number of ether oxygens (including phenoxy) is 6. The molecule has 0 radical (unpaired) electrons. The third-order valence-corrected chi connectivity index (χ3v) is 18.5. The molecule has 0 amide bonds. The van der Waals surface area contributed by atoms with E-state index < -0.39 is 0 Å². The lowest BCUT2D eigenvalue weighted by Crippen LogP contribution is -2.07. The van der Waals surface area contributed by atoms with Crippen LogP contribution in [0.2, 0.25) is 0 Å². The highest BCUT2D eigenvalue weighted by molar-refractivity contribution is 6.29. The van der Waals surface area contributed by atoms with Gasteiger partial charge >= 0.3 is 0 Å². The molecule has 0 aliphatic heterocycles. The molecule has 7 rings (SSSR count). The van der Waals surface area contributed by atoms with Gasteiger partial charge in [0, 0.05) is 10.8 Å². The lowest BCUT2D eigenvalue weighted by atomic mass is 9.87. The maximum absolute atomic E-state index is 10.9. The number of rotatable bonds is 50. The van der Waals surface area contributed by atoms with E-state index in [9.17, 15) is 10.5 Å². The highest BCUT2D eigenvalue weighted by Gasteiger charge is 2.22. The SMILES string of the molecule is CCCCCCCCOc1cc(-c2ccc3c(C#N)cc4ccc5cc(C#N)c6ccc(-c7cc(OCCCCCCCC)c(OCCCCCCCC)c(OCCCCCCCC)c7)cc6c5c4c3c2)cc(OCCCCCCCC)c1OCCCCCCCC. The number of hydrogen-bond acceptors (Lipinski definition) is 8. The molecule has 0 saturated carbocycles. The van der Waals surface area contributed by atoms with Crippen LogP contribution in [0.25, 0.3) is 65.3 Å². The van der Waals surface area contributed by atoms with Gasteiger partial charge in [0.25, 0.3) is 0 Å². The van der Waals surface area contributed by atoms with Crippen molar-refractivity contribution < 1.29 is 28.4 Å². The molecule has 8 nitrogen and oxygen atoms in total. The van der Waals surface area contributed by atoms with Crippen LogP contribution in [0, 0.1) is 22.7 Å². The molecular weight excluding hydrogens is 1130 g/mol. The van der Waals surface area contributed by atoms with Crippen LogP contribution in [0.15, 0.2) is 84.9 Å². The molecule has 498 valence electrons. The Labute approximate surface area is 556 Å². The van der Waals surface area contributed by atoms with E-state index in [4.69, 9.17) is 28.4 Å². The Morgan fingerprint density at radius 2 is 0.500 bits per heavy atom. The van der Waals surface area contributed by atoms with Crippen molar-refractivity contribution in [2.24, 2.45) is 0 Å². The van der Waals surface area contributed by atoms with Crippen LogP contribution in [0.5, 0.6) is 34.5 Å². The Morgan fingerprint density at radius 1 is 0.250 bits per heavy atom.